The van der Waals surface area contributed by atoms with Crippen molar-refractivity contribution in [2.24, 2.45) is 0 Å². The highest BCUT2D eigenvalue weighted by atomic mass is 31.0. The second kappa shape index (κ2) is 6.84. The molecule has 2 heteroatoms. The van der Waals surface area contributed by atoms with Crippen LogP contribution in [0.3, 0.4) is 0 Å². The highest BCUT2D eigenvalue weighted by Gasteiger charge is 2.14. The fraction of sp³-hybridized carbons (Fsp3) is 0.400. The molecule has 0 aliphatic rings. The van der Waals surface area contributed by atoms with Gasteiger partial charge >= 0.3 is 0 Å². The largest absolute Gasteiger partial charge is 0.457 e. The minimum Gasteiger partial charge on any atom is -0.457 e. The molecule has 3 radical (unpaired) electrons. The van der Waals surface area contributed by atoms with Gasteiger partial charge in [0, 0.05) is 9.90 Å². The van der Waals surface area contributed by atoms with E-state index in [4.69, 9.17) is 4.74 Å². The summed E-state index contributed by atoms with van der Waals surface area (Å²) in [6, 6.07) is 16.7. The third-order valence-electron chi connectivity index (χ3n) is 3.68. The van der Waals surface area contributed by atoms with Crippen molar-refractivity contribution in [1.82, 2.24) is 0 Å². The molecule has 0 fully saturated rings. The lowest BCUT2D eigenvalue weighted by atomic mass is 9.87. The number of ether oxygens (including phenoxy) is 1. The van der Waals surface area contributed by atoms with Gasteiger partial charge in [0.1, 0.15) is 11.5 Å². The van der Waals surface area contributed by atoms with E-state index in [0.717, 1.165) is 11.5 Å². The molecule has 0 saturated heterocycles. The third-order valence-corrected chi connectivity index (χ3v) is 3.68. The molecule has 0 bridgehead atoms. The number of hydrogen-bond donors (Lipinski definition) is 0. The van der Waals surface area contributed by atoms with Crippen LogP contribution in [0.15, 0.2) is 48.5 Å². The highest BCUT2D eigenvalue weighted by molar-refractivity contribution is 6.92. The minimum atomic E-state index is 0. The third kappa shape index (κ3) is 4.85. The first-order chi connectivity index (χ1) is 9.66. The Balaban J connectivity index is 0.00000242. The maximum absolute atomic E-state index is 5.91. The quantitative estimate of drug-likeness (QED) is 0.546. The van der Waals surface area contributed by atoms with Crippen LogP contribution in [0.25, 0.3) is 0 Å². The van der Waals surface area contributed by atoms with Crippen LogP contribution in [0.1, 0.15) is 52.7 Å². The van der Waals surface area contributed by atoms with Crippen LogP contribution in [-0.2, 0) is 10.8 Å². The summed E-state index contributed by atoms with van der Waals surface area (Å²) in [6.45, 7) is 13.3. The van der Waals surface area contributed by atoms with Crippen LogP contribution in [0.5, 0.6) is 11.5 Å². The van der Waals surface area contributed by atoms with Crippen molar-refractivity contribution in [1.29, 1.82) is 0 Å². The first-order valence-electron chi connectivity index (χ1n) is 7.55. The summed E-state index contributed by atoms with van der Waals surface area (Å²) in [5.74, 6) is 1.76. The summed E-state index contributed by atoms with van der Waals surface area (Å²) < 4.78 is 5.91. The van der Waals surface area contributed by atoms with Crippen molar-refractivity contribution in [2.45, 2.75) is 52.4 Å². The van der Waals surface area contributed by atoms with Crippen LogP contribution in [0.2, 0.25) is 0 Å². The molecule has 0 unspecified atom stereocenters. The Morgan fingerprint density at radius 3 is 1.05 bits per heavy atom. The van der Waals surface area contributed by atoms with Gasteiger partial charge in [-0.1, -0.05) is 65.8 Å². The molecule has 0 aromatic heterocycles. The van der Waals surface area contributed by atoms with Gasteiger partial charge in [-0.15, -0.1) is 0 Å². The summed E-state index contributed by atoms with van der Waals surface area (Å²) in [5, 5.41) is 0. The van der Waals surface area contributed by atoms with E-state index in [1.54, 1.807) is 0 Å². The zero-order valence-electron chi connectivity index (χ0n) is 14.5. The van der Waals surface area contributed by atoms with E-state index in [-0.39, 0.29) is 20.7 Å². The lowest BCUT2D eigenvalue weighted by Gasteiger charge is -2.20. The first-order valence-corrected chi connectivity index (χ1v) is 7.55. The van der Waals surface area contributed by atoms with Crippen LogP contribution >= 0.6 is 9.90 Å². The SMILES string of the molecule is CC(C)(C)c1ccc(Oc2ccc(C(C)(C)C)cc2)cc1.[P]. The first kappa shape index (κ1) is 18.7. The summed E-state index contributed by atoms with van der Waals surface area (Å²) in [5.41, 5.74) is 2.98. The fourth-order valence-electron chi connectivity index (χ4n) is 2.18. The topological polar surface area (TPSA) is 9.23 Å². The lowest BCUT2D eigenvalue weighted by Crippen LogP contribution is -2.10. The molecule has 0 aliphatic carbocycles. The monoisotopic (exact) mass is 313 g/mol. The van der Waals surface area contributed by atoms with E-state index in [2.05, 4.69) is 65.8 Å². The maximum Gasteiger partial charge on any atom is 0.127 e. The zero-order valence-corrected chi connectivity index (χ0v) is 15.4. The van der Waals surface area contributed by atoms with Crippen molar-refractivity contribution < 1.29 is 4.74 Å². The minimum absolute atomic E-state index is 0. The Morgan fingerprint density at radius 2 is 0.818 bits per heavy atom. The summed E-state index contributed by atoms with van der Waals surface area (Å²) >= 11 is 0. The number of benzene rings is 2. The van der Waals surface area contributed by atoms with Gasteiger partial charge in [-0.05, 0) is 46.2 Å². The number of rotatable bonds is 2. The van der Waals surface area contributed by atoms with E-state index in [1.807, 2.05) is 24.3 Å². The molecule has 117 valence electrons. The van der Waals surface area contributed by atoms with Crippen LogP contribution < -0.4 is 4.74 Å². The second-order valence-electron chi connectivity index (χ2n) is 7.65. The van der Waals surface area contributed by atoms with E-state index < -0.39 is 0 Å². The molecule has 0 atom stereocenters. The van der Waals surface area contributed by atoms with Gasteiger partial charge in [-0.3, -0.25) is 0 Å². The normalized spacial score (nSPS) is 11.7. The predicted molar refractivity (Wildman–Crippen MR) is 97.3 cm³/mol. The van der Waals surface area contributed by atoms with Crippen LogP contribution in [-0.4, -0.2) is 0 Å². The Morgan fingerprint density at radius 1 is 0.545 bits per heavy atom. The molecule has 0 saturated carbocycles. The average Bonchev–Trinajstić information content (AvgIpc) is 2.38. The van der Waals surface area contributed by atoms with Crippen molar-refractivity contribution in [2.75, 3.05) is 0 Å². The molecular weight excluding hydrogens is 287 g/mol. The van der Waals surface area contributed by atoms with Gasteiger partial charge in [0.2, 0.25) is 0 Å². The zero-order chi connectivity index (χ0) is 15.7. The molecule has 0 N–H and O–H groups in total. The fourth-order valence-corrected chi connectivity index (χ4v) is 2.18. The van der Waals surface area contributed by atoms with Gasteiger partial charge in [0.15, 0.2) is 0 Å². The van der Waals surface area contributed by atoms with E-state index in [9.17, 15) is 0 Å². The van der Waals surface area contributed by atoms with Gasteiger partial charge in [0.05, 0.1) is 0 Å². The molecular formula is C20H26OP. The second-order valence-corrected chi connectivity index (χ2v) is 7.65. The Kier molecular flexibility index (Phi) is 5.82. The van der Waals surface area contributed by atoms with Crippen molar-refractivity contribution in [3.8, 4) is 11.5 Å². The molecule has 2 rings (SSSR count). The van der Waals surface area contributed by atoms with Gasteiger partial charge in [-0.2, -0.15) is 0 Å². The van der Waals surface area contributed by atoms with Gasteiger partial charge < -0.3 is 4.74 Å². The molecule has 0 spiro atoms. The Labute approximate surface area is 138 Å². The van der Waals surface area contributed by atoms with Crippen molar-refractivity contribution in [3.63, 3.8) is 0 Å². The molecule has 1 nitrogen and oxygen atoms in total. The van der Waals surface area contributed by atoms with Gasteiger partial charge in [-0.25, -0.2) is 0 Å². The van der Waals surface area contributed by atoms with Gasteiger partial charge in [0.25, 0.3) is 0 Å². The molecule has 0 amide bonds. The van der Waals surface area contributed by atoms with E-state index >= 15 is 0 Å². The molecule has 2 aromatic rings. The van der Waals surface area contributed by atoms with Crippen molar-refractivity contribution >= 4 is 9.90 Å². The molecule has 22 heavy (non-hydrogen) atoms. The van der Waals surface area contributed by atoms with E-state index in [1.165, 1.54) is 11.1 Å². The predicted octanol–water partition coefficient (Wildman–Crippen LogP) is 6.94. The van der Waals surface area contributed by atoms with Crippen molar-refractivity contribution in [3.05, 3.63) is 59.7 Å². The summed E-state index contributed by atoms with van der Waals surface area (Å²) in [4.78, 5) is 0. The van der Waals surface area contributed by atoms with Crippen LogP contribution in [0.4, 0.5) is 0 Å². The molecule has 0 heterocycles. The standard InChI is InChI=1S/C20H26O.P/c1-19(2,3)15-7-11-17(12-8-15)21-18-13-9-16(10-14-18)20(4,5)6;/h7-14H,1-6H3;. The number of hydrogen-bond acceptors (Lipinski definition) is 1. The van der Waals surface area contributed by atoms with E-state index in [0.29, 0.717) is 0 Å². The highest BCUT2D eigenvalue weighted by Crippen LogP contribution is 2.29. The van der Waals surface area contributed by atoms with Crippen LogP contribution in [0, 0.1) is 0 Å². The Hall–Kier alpha value is -1.33. The summed E-state index contributed by atoms with van der Waals surface area (Å²) in [7, 11) is 0. The molecule has 2 aromatic carbocycles. The lowest BCUT2D eigenvalue weighted by molar-refractivity contribution is 0.480. The smallest absolute Gasteiger partial charge is 0.127 e. The Bertz CT molecular complexity index is 528. The molecule has 0 aliphatic heterocycles. The average molecular weight is 313 g/mol. The maximum atomic E-state index is 5.91. The summed E-state index contributed by atoms with van der Waals surface area (Å²) in [6.07, 6.45) is 0.